The first kappa shape index (κ1) is 13.8. The maximum Gasteiger partial charge on any atom is 0.319 e. The number of rotatable bonds is 5. The molecule has 1 heterocycles. The summed E-state index contributed by atoms with van der Waals surface area (Å²) in [6, 6.07) is 9.56. The lowest BCUT2D eigenvalue weighted by molar-refractivity contribution is 0.160. The molecule has 0 bridgehead atoms. The lowest BCUT2D eigenvalue weighted by Crippen LogP contribution is -2.40. The molecule has 1 aromatic rings. The van der Waals surface area contributed by atoms with Gasteiger partial charge in [0.25, 0.3) is 0 Å². The summed E-state index contributed by atoms with van der Waals surface area (Å²) in [7, 11) is 1.71. The van der Waals surface area contributed by atoms with Crippen molar-refractivity contribution in [2.24, 2.45) is 0 Å². The van der Waals surface area contributed by atoms with Crippen molar-refractivity contribution in [2.45, 2.75) is 12.5 Å². The summed E-state index contributed by atoms with van der Waals surface area (Å²) in [4.78, 5) is 14.1. The Balaban J connectivity index is 1.72. The van der Waals surface area contributed by atoms with Gasteiger partial charge in [-0.3, -0.25) is 4.90 Å². The van der Waals surface area contributed by atoms with Crippen LogP contribution in [0.2, 0.25) is 0 Å². The highest BCUT2D eigenvalue weighted by molar-refractivity contribution is 5.89. The number of carbonyl (C=O) groups excluding carboxylic acids is 1. The second-order valence-corrected chi connectivity index (χ2v) is 4.74. The van der Waals surface area contributed by atoms with E-state index in [9.17, 15) is 4.79 Å². The zero-order valence-corrected chi connectivity index (χ0v) is 11.3. The molecule has 5 nitrogen and oxygen atoms in total. The number of likely N-dealkylation sites (tertiary alicyclic amines) is 1. The average Bonchev–Trinajstić information content (AvgIpc) is 2.85. The molecule has 1 atom stereocenters. The Morgan fingerprint density at radius 2 is 2.21 bits per heavy atom. The topological polar surface area (TPSA) is 53.6 Å². The number of amides is 2. The Labute approximate surface area is 113 Å². The SMILES string of the molecule is COCCN1CC[C@H](NC(=O)Nc2ccccc2)C1. The molecular formula is C14H21N3O2. The van der Waals surface area contributed by atoms with Crippen molar-refractivity contribution in [1.29, 1.82) is 0 Å². The smallest absolute Gasteiger partial charge is 0.319 e. The molecule has 0 radical (unpaired) electrons. The first-order chi connectivity index (χ1) is 9.28. The summed E-state index contributed by atoms with van der Waals surface area (Å²) < 4.78 is 5.06. The number of ether oxygens (including phenoxy) is 1. The quantitative estimate of drug-likeness (QED) is 0.847. The fourth-order valence-corrected chi connectivity index (χ4v) is 2.25. The molecule has 1 aliphatic rings. The van der Waals surface area contributed by atoms with Gasteiger partial charge in [0.1, 0.15) is 0 Å². The Morgan fingerprint density at radius 1 is 1.42 bits per heavy atom. The normalized spacial score (nSPS) is 19.3. The molecular weight excluding hydrogens is 242 g/mol. The number of nitrogens with zero attached hydrogens (tertiary/aromatic N) is 1. The number of hydrogen-bond acceptors (Lipinski definition) is 3. The molecule has 0 aliphatic carbocycles. The monoisotopic (exact) mass is 263 g/mol. The van der Waals surface area contributed by atoms with Crippen molar-refractivity contribution >= 4 is 11.7 Å². The van der Waals surface area contributed by atoms with Crippen LogP contribution in [0.15, 0.2) is 30.3 Å². The lowest BCUT2D eigenvalue weighted by Gasteiger charge is -2.16. The van der Waals surface area contributed by atoms with Crippen LogP contribution in [0.1, 0.15) is 6.42 Å². The molecule has 0 unspecified atom stereocenters. The molecule has 104 valence electrons. The third-order valence-electron chi connectivity index (χ3n) is 3.25. The van der Waals surface area contributed by atoms with Crippen molar-refractivity contribution < 1.29 is 9.53 Å². The molecule has 0 saturated carbocycles. The number of carbonyl (C=O) groups is 1. The van der Waals surface area contributed by atoms with Crippen LogP contribution in [-0.2, 0) is 4.74 Å². The van der Waals surface area contributed by atoms with Crippen LogP contribution in [-0.4, -0.2) is 50.3 Å². The first-order valence-electron chi connectivity index (χ1n) is 6.62. The van der Waals surface area contributed by atoms with E-state index in [4.69, 9.17) is 4.74 Å². The Kier molecular flexibility index (Phi) is 5.18. The molecule has 1 aliphatic heterocycles. The van der Waals surface area contributed by atoms with Crippen LogP contribution in [0.5, 0.6) is 0 Å². The van der Waals surface area contributed by atoms with Crippen molar-refractivity contribution in [3.63, 3.8) is 0 Å². The standard InChI is InChI=1S/C14H21N3O2/c1-19-10-9-17-8-7-13(11-17)16-14(18)15-12-5-3-2-4-6-12/h2-6,13H,7-11H2,1H3,(H2,15,16,18)/t13-/m0/s1. The van der Waals surface area contributed by atoms with Crippen molar-refractivity contribution in [1.82, 2.24) is 10.2 Å². The molecule has 1 fully saturated rings. The first-order valence-corrected chi connectivity index (χ1v) is 6.62. The van der Waals surface area contributed by atoms with Gasteiger partial charge in [0.2, 0.25) is 0 Å². The minimum absolute atomic E-state index is 0.134. The average molecular weight is 263 g/mol. The number of hydrogen-bond donors (Lipinski definition) is 2. The second kappa shape index (κ2) is 7.11. The highest BCUT2D eigenvalue weighted by Crippen LogP contribution is 2.09. The highest BCUT2D eigenvalue weighted by atomic mass is 16.5. The molecule has 0 aromatic heterocycles. The third-order valence-corrected chi connectivity index (χ3v) is 3.25. The summed E-state index contributed by atoms with van der Waals surface area (Å²) in [6.45, 7) is 3.57. The molecule has 2 amide bonds. The predicted molar refractivity (Wildman–Crippen MR) is 75.3 cm³/mol. The van der Waals surface area contributed by atoms with Crippen LogP contribution < -0.4 is 10.6 Å². The fourth-order valence-electron chi connectivity index (χ4n) is 2.25. The Morgan fingerprint density at radius 3 is 2.95 bits per heavy atom. The zero-order valence-electron chi connectivity index (χ0n) is 11.3. The van der Waals surface area contributed by atoms with Gasteiger partial charge in [-0.1, -0.05) is 18.2 Å². The highest BCUT2D eigenvalue weighted by Gasteiger charge is 2.23. The Hall–Kier alpha value is -1.59. The van der Waals surface area contributed by atoms with E-state index in [2.05, 4.69) is 15.5 Å². The van der Waals surface area contributed by atoms with Gasteiger partial charge < -0.3 is 15.4 Å². The number of urea groups is 1. The van der Waals surface area contributed by atoms with Gasteiger partial charge in [0, 0.05) is 38.5 Å². The fraction of sp³-hybridized carbons (Fsp3) is 0.500. The zero-order chi connectivity index (χ0) is 13.5. The van der Waals surface area contributed by atoms with Gasteiger partial charge in [-0.15, -0.1) is 0 Å². The molecule has 2 rings (SSSR count). The number of nitrogens with one attached hydrogen (secondary N) is 2. The largest absolute Gasteiger partial charge is 0.383 e. The summed E-state index contributed by atoms with van der Waals surface area (Å²) in [6.07, 6.45) is 0.992. The van der Waals surface area contributed by atoms with Crippen molar-refractivity contribution in [2.75, 3.05) is 38.7 Å². The molecule has 5 heteroatoms. The maximum atomic E-state index is 11.8. The molecule has 0 spiro atoms. The van der Waals surface area contributed by atoms with Crippen molar-refractivity contribution in [3.8, 4) is 0 Å². The summed E-state index contributed by atoms with van der Waals surface area (Å²) >= 11 is 0. The van der Waals surface area contributed by atoms with Crippen LogP contribution in [0.4, 0.5) is 10.5 Å². The van der Waals surface area contributed by atoms with E-state index in [-0.39, 0.29) is 12.1 Å². The molecule has 1 saturated heterocycles. The summed E-state index contributed by atoms with van der Waals surface area (Å²) in [5.41, 5.74) is 0.814. The number of anilines is 1. The summed E-state index contributed by atoms with van der Waals surface area (Å²) in [5, 5.41) is 5.83. The van der Waals surface area contributed by atoms with E-state index < -0.39 is 0 Å². The van der Waals surface area contributed by atoms with Gasteiger partial charge in [0.05, 0.1) is 6.61 Å². The maximum absolute atomic E-state index is 11.8. The lowest BCUT2D eigenvalue weighted by atomic mass is 10.3. The van der Waals surface area contributed by atoms with Gasteiger partial charge in [-0.25, -0.2) is 4.79 Å². The minimum atomic E-state index is -0.134. The van der Waals surface area contributed by atoms with E-state index in [1.165, 1.54) is 0 Å². The Bertz CT molecular complexity index is 397. The number of benzene rings is 1. The minimum Gasteiger partial charge on any atom is -0.383 e. The molecule has 2 N–H and O–H groups in total. The van der Waals surface area contributed by atoms with Crippen molar-refractivity contribution in [3.05, 3.63) is 30.3 Å². The van der Waals surface area contributed by atoms with Gasteiger partial charge in [0.15, 0.2) is 0 Å². The van der Waals surface area contributed by atoms with E-state index in [0.717, 1.165) is 38.3 Å². The predicted octanol–water partition coefficient (Wildman–Crippen LogP) is 1.53. The van der Waals surface area contributed by atoms with E-state index in [1.807, 2.05) is 30.3 Å². The third kappa shape index (κ3) is 4.54. The van der Waals surface area contributed by atoms with Crippen LogP contribution in [0, 0.1) is 0 Å². The van der Waals surface area contributed by atoms with Crippen LogP contribution in [0.3, 0.4) is 0 Å². The van der Waals surface area contributed by atoms with Gasteiger partial charge in [-0.2, -0.15) is 0 Å². The van der Waals surface area contributed by atoms with Gasteiger partial charge in [-0.05, 0) is 18.6 Å². The van der Waals surface area contributed by atoms with E-state index in [0.29, 0.717) is 0 Å². The molecule has 19 heavy (non-hydrogen) atoms. The van der Waals surface area contributed by atoms with Crippen LogP contribution >= 0.6 is 0 Å². The number of methoxy groups -OCH3 is 1. The summed E-state index contributed by atoms with van der Waals surface area (Å²) in [5.74, 6) is 0. The van der Waals surface area contributed by atoms with Crippen LogP contribution in [0.25, 0.3) is 0 Å². The molecule has 1 aromatic carbocycles. The number of para-hydroxylation sites is 1. The van der Waals surface area contributed by atoms with Gasteiger partial charge >= 0.3 is 6.03 Å². The van der Waals surface area contributed by atoms with E-state index in [1.54, 1.807) is 7.11 Å². The van der Waals surface area contributed by atoms with E-state index >= 15 is 0 Å². The second-order valence-electron chi connectivity index (χ2n) is 4.74.